The summed E-state index contributed by atoms with van der Waals surface area (Å²) in [4.78, 5) is 17.5. The number of hydrogen-bond acceptors (Lipinski definition) is 4. The number of hydrogen-bond donors (Lipinski definition) is 1. The Bertz CT molecular complexity index is 809. The Morgan fingerprint density at radius 3 is 2.90 bits per heavy atom. The van der Waals surface area contributed by atoms with Gasteiger partial charge in [0.05, 0.1) is 5.54 Å². The van der Waals surface area contributed by atoms with Crippen LogP contribution in [0.5, 0.6) is 0 Å². The van der Waals surface area contributed by atoms with Gasteiger partial charge in [0, 0.05) is 51.0 Å². The van der Waals surface area contributed by atoms with Crippen molar-refractivity contribution in [1.29, 1.82) is 0 Å². The van der Waals surface area contributed by atoms with Crippen LogP contribution < -0.4 is 5.32 Å². The van der Waals surface area contributed by atoms with E-state index in [0.717, 1.165) is 51.0 Å². The second-order valence-electron chi connectivity index (χ2n) is 8.39. The number of benzene rings is 1. The average Bonchev–Trinajstić information content (AvgIpc) is 3.33. The van der Waals surface area contributed by atoms with E-state index in [-0.39, 0.29) is 23.3 Å². The molecule has 2 unspecified atom stereocenters. The minimum absolute atomic E-state index is 0.0281. The molecule has 0 bridgehead atoms. The molecule has 2 aromatic rings. The molecule has 7 heteroatoms. The van der Waals surface area contributed by atoms with E-state index in [0.29, 0.717) is 13.0 Å². The van der Waals surface area contributed by atoms with Crippen molar-refractivity contribution in [2.45, 2.75) is 50.4 Å². The summed E-state index contributed by atoms with van der Waals surface area (Å²) in [6.45, 7) is 4.37. The Morgan fingerprint density at radius 1 is 1.31 bits per heavy atom. The highest BCUT2D eigenvalue weighted by atomic mass is 19.1. The minimum atomic E-state index is -0.197. The Balaban J connectivity index is 1.39. The summed E-state index contributed by atoms with van der Waals surface area (Å²) < 4.78 is 15.0. The van der Waals surface area contributed by atoms with Gasteiger partial charge in [-0.2, -0.15) is 5.10 Å². The van der Waals surface area contributed by atoms with Crippen LogP contribution in [0.2, 0.25) is 0 Å². The van der Waals surface area contributed by atoms with E-state index in [2.05, 4.69) is 27.3 Å². The summed E-state index contributed by atoms with van der Waals surface area (Å²) in [5.74, 6) is -0.104. The summed E-state index contributed by atoms with van der Waals surface area (Å²) in [6.07, 6.45) is 7.23. The summed E-state index contributed by atoms with van der Waals surface area (Å²) in [5, 5.41) is 7.50. The van der Waals surface area contributed by atoms with Crippen LogP contribution in [0.3, 0.4) is 0 Å². The topological polar surface area (TPSA) is 53.4 Å². The molecule has 0 radical (unpaired) electrons. The molecule has 1 amide bonds. The molecule has 4 rings (SSSR count). The molecule has 29 heavy (non-hydrogen) atoms. The lowest BCUT2D eigenvalue weighted by atomic mass is 9.82. The number of aromatic nitrogens is 2. The van der Waals surface area contributed by atoms with Gasteiger partial charge in [-0.3, -0.25) is 19.3 Å². The molecule has 0 aliphatic carbocycles. The third kappa shape index (κ3) is 4.51. The van der Waals surface area contributed by atoms with Crippen molar-refractivity contribution < 1.29 is 9.18 Å². The summed E-state index contributed by atoms with van der Waals surface area (Å²) in [6, 6.07) is 8.82. The molecule has 1 aromatic carbocycles. The Hall–Kier alpha value is -2.25. The lowest BCUT2D eigenvalue weighted by molar-refractivity contribution is -0.123. The Morgan fingerprint density at radius 2 is 2.14 bits per heavy atom. The number of nitrogens with one attached hydrogen (secondary N) is 1. The number of likely N-dealkylation sites (N-methyl/N-ethyl adjacent to an activating group) is 1. The predicted molar refractivity (Wildman–Crippen MR) is 110 cm³/mol. The van der Waals surface area contributed by atoms with Crippen molar-refractivity contribution in [2.75, 3.05) is 26.7 Å². The standard InChI is InChI=1S/C22H30FN5O/c1-26-14-8-20(25-21(29)9-15-28-13-3-11-24-28)22(26)10-2-12-27(17-22)16-18-4-6-19(23)7-5-18/h3-7,11,13,20H,2,8-10,12,14-17H2,1H3,(H,25,29). The highest BCUT2D eigenvalue weighted by Gasteiger charge is 2.49. The first kappa shape index (κ1) is 20.0. The lowest BCUT2D eigenvalue weighted by Crippen LogP contribution is -2.63. The molecule has 0 saturated carbocycles. The molecule has 1 spiro atoms. The number of halogens is 1. The van der Waals surface area contributed by atoms with Gasteiger partial charge in [0.1, 0.15) is 5.82 Å². The highest BCUT2D eigenvalue weighted by molar-refractivity contribution is 5.76. The molecule has 1 aromatic heterocycles. The maximum atomic E-state index is 13.2. The Labute approximate surface area is 171 Å². The van der Waals surface area contributed by atoms with Crippen LogP contribution in [0, 0.1) is 5.82 Å². The van der Waals surface area contributed by atoms with E-state index in [9.17, 15) is 9.18 Å². The van der Waals surface area contributed by atoms with Gasteiger partial charge < -0.3 is 5.32 Å². The van der Waals surface area contributed by atoms with Crippen molar-refractivity contribution in [3.8, 4) is 0 Å². The van der Waals surface area contributed by atoms with E-state index in [1.165, 1.54) is 12.1 Å². The van der Waals surface area contributed by atoms with Crippen LogP contribution in [-0.4, -0.2) is 63.8 Å². The van der Waals surface area contributed by atoms with Gasteiger partial charge in [-0.05, 0) is 56.6 Å². The van der Waals surface area contributed by atoms with Gasteiger partial charge >= 0.3 is 0 Å². The second kappa shape index (κ2) is 8.63. The van der Waals surface area contributed by atoms with Gasteiger partial charge in [-0.15, -0.1) is 0 Å². The second-order valence-corrected chi connectivity index (χ2v) is 8.39. The van der Waals surface area contributed by atoms with Crippen molar-refractivity contribution in [2.24, 2.45) is 0 Å². The maximum absolute atomic E-state index is 13.2. The highest BCUT2D eigenvalue weighted by Crippen LogP contribution is 2.37. The molecular formula is C22H30FN5O. The number of aryl methyl sites for hydroxylation is 1. The molecule has 6 nitrogen and oxygen atoms in total. The summed E-state index contributed by atoms with van der Waals surface area (Å²) in [7, 11) is 2.18. The van der Waals surface area contributed by atoms with Crippen molar-refractivity contribution in [1.82, 2.24) is 24.9 Å². The number of carbonyl (C=O) groups is 1. The Kier molecular flexibility index (Phi) is 5.96. The van der Waals surface area contributed by atoms with E-state index in [1.54, 1.807) is 10.9 Å². The predicted octanol–water partition coefficient (Wildman–Crippen LogP) is 2.27. The quantitative estimate of drug-likeness (QED) is 0.810. The number of carbonyl (C=O) groups excluding carboxylic acids is 1. The van der Waals surface area contributed by atoms with Gasteiger partial charge in [0.25, 0.3) is 0 Å². The first-order valence-electron chi connectivity index (χ1n) is 10.5. The molecule has 2 aliphatic heterocycles. The fraction of sp³-hybridized carbons (Fsp3) is 0.545. The van der Waals surface area contributed by atoms with Crippen LogP contribution in [0.1, 0.15) is 31.2 Å². The summed E-state index contributed by atoms with van der Waals surface area (Å²) in [5.41, 5.74) is 1.10. The molecular weight excluding hydrogens is 369 g/mol. The smallest absolute Gasteiger partial charge is 0.222 e. The minimum Gasteiger partial charge on any atom is -0.351 e. The fourth-order valence-electron chi connectivity index (χ4n) is 4.94. The first-order valence-corrected chi connectivity index (χ1v) is 10.5. The lowest BCUT2D eigenvalue weighted by Gasteiger charge is -2.48. The number of nitrogens with zero attached hydrogens (tertiary/aromatic N) is 4. The van der Waals surface area contributed by atoms with E-state index in [1.807, 2.05) is 24.4 Å². The maximum Gasteiger partial charge on any atom is 0.222 e. The van der Waals surface area contributed by atoms with E-state index < -0.39 is 0 Å². The van der Waals surface area contributed by atoms with Crippen LogP contribution in [0.25, 0.3) is 0 Å². The molecule has 3 heterocycles. The van der Waals surface area contributed by atoms with E-state index in [4.69, 9.17) is 0 Å². The largest absolute Gasteiger partial charge is 0.351 e. The van der Waals surface area contributed by atoms with Crippen LogP contribution >= 0.6 is 0 Å². The van der Waals surface area contributed by atoms with Crippen LogP contribution in [0.4, 0.5) is 4.39 Å². The van der Waals surface area contributed by atoms with Gasteiger partial charge in [0.2, 0.25) is 5.91 Å². The normalized spacial score (nSPS) is 25.5. The van der Waals surface area contributed by atoms with Crippen molar-refractivity contribution >= 4 is 5.91 Å². The zero-order valence-electron chi connectivity index (χ0n) is 17.1. The third-order valence-electron chi connectivity index (χ3n) is 6.53. The number of piperidine rings is 1. The monoisotopic (exact) mass is 399 g/mol. The molecule has 2 atom stereocenters. The van der Waals surface area contributed by atoms with Crippen LogP contribution in [-0.2, 0) is 17.9 Å². The molecule has 156 valence electrons. The van der Waals surface area contributed by atoms with E-state index >= 15 is 0 Å². The molecule has 2 fully saturated rings. The van der Waals surface area contributed by atoms with Crippen molar-refractivity contribution in [3.05, 3.63) is 54.1 Å². The number of rotatable bonds is 6. The van der Waals surface area contributed by atoms with Gasteiger partial charge in [-0.25, -0.2) is 4.39 Å². The average molecular weight is 400 g/mol. The van der Waals surface area contributed by atoms with Crippen LogP contribution in [0.15, 0.2) is 42.7 Å². The molecule has 1 N–H and O–H groups in total. The van der Waals surface area contributed by atoms with Gasteiger partial charge in [0.15, 0.2) is 0 Å². The molecule has 2 saturated heterocycles. The number of amides is 1. The number of likely N-dealkylation sites (tertiary alicyclic amines) is 2. The zero-order valence-corrected chi connectivity index (χ0v) is 17.1. The van der Waals surface area contributed by atoms with Crippen molar-refractivity contribution in [3.63, 3.8) is 0 Å². The summed E-state index contributed by atoms with van der Waals surface area (Å²) >= 11 is 0. The SMILES string of the molecule is CN1CCC(NC(=O)CCn2cccn2)C12CCCN(Cc1ccc(F)cc1)C2. The first-order chi connectivity index (χ1) is 14.0. The fourth-order valence-corrected chi connectivity index (χ4v) is 4.94. The van der Waals surface area contributed by atoms with Gasteiger partial charge in [-0.1, -0.05) is 12.1 Å². The third-order valence-corrected chi connectivity index (χ3v) is 6.53. The zero-order chi connectivity index (χ0) is 20.3. The molecule has 2 aliphatic rings.